The van der Waals surface area contributed by atoms with Crippen molar-refractivity contribution < 1.29 is 0 Å². The fourth-order valence-electron chi connectivity index (χ4n) is 2.83. The minimum absolute atomic E-state index is 0.773. The van der Waals surface area contributed by atoms with Gasteiger partial charge in [0.05, 0.1) is 5.69 Å². The van der Waals surface area contributed by atoms with Gasteiger partial charge in [-0.15, -0.1) is 11.3 Å². The highest BCUT2D eigenvalue weighted by molar-refractivity contribution is 7.13. The molecule has 18 heavy (non-hydrogen) atoms. The monoisotopic (exact) mass is 266 g/mol. The molecular formula is C13H22N4S. The van der Waals surface area contributed by atoms with Gasteiger partial charge in [-0.2, -0.15) is 0 Å². The van der Waals surface area contributed by atoms with E-state index in [9.17, 15) is 0 Å². The molecule has 2 saturated heterocycles. The Morgan fingerprint density at radius 1 is 1.39 bits per heavy atom. The first-order valence-corrected chi connectivity index (χ1v) is 7.89. The Balaban J connectivity index is 1.55. The average molecular weight is 266 g/mol. The molecule has 1 aromatic heterocycles. The Hall–Kier alpha value is -0.650. The van der Waals surface area contributed by atoms with Gasteiger partial charge in [-0.25, -0.2) is 4.98 Å². The molecule has 1 atom stereocenters. The number of thiazole rings is 1. The highest BCUT2D eigenvalue weighted by atomic mass is 32.1. The van der Waals surface area contributed by atoms with Crippen LogP contribution in [0.25, 0.3) is 0 Å². The van der Waals surface area contributed by atoms with E-state index >= 15 is 0 Å². The molecule has 1 unspecified atom stereocenters. The maximum atomic E-state index is 4.69. The molecule has 2 aliphatic rings. The van der Waals surface area contributed by atoms with Crippen molar-refractivity contribution in [2.45, 2.75) is 25.8 Å². The fraction of sp³-hybridized carbons (Fsp3) is 0.769. The molecule has 5 heteroatoms. The summed E-state index contributed by atoms with van der Waals surface area (Å²) in [7, 11) is 0. The second kappa shape index (κ2) is 5.55. The normalized spacial score (nSPS) is 25.8. The zero-order chi connectivity index (χ0) is 12.4. The van der Waals surface area contributed by atoms with Gasteiger partial charge in [0.2, 0.25) is 0 Å². The molecule has 1 aromatic rings. The topological polar surface area (TPSA) is 31.4 Å². The predicted octanol–water partition coefficient (Wildman–Crippen LogP) is 1.19. The lowest BCUT2D eigenvalue weighted by Gasteiger charge is -2.37. The van der Waals surface area contributed by atoms with E-state index < -0.39 is 0 Å². The quantitative estimate of drug-likeness (QED) is 0.890. The number of hydrogen-bond acceptors (Lipinski definition) is 5. The smallest absolute Gasteiger partial charge is 0.185 e. The van der Waals surface area contributed by atoms with Gasteiger partial charge in [0.15, 0.2) is 5.13 Å². The number of hydrogen-bond donors (Lipinski definition) is 1. The third-order valence-corrected chi connectivity index (χ3v) is 4.99. The summed E-state index contributed by atoms with van der Waals surface area (Å²) < 4.78 is 0. The molecule has 4 nitrogen and oxygen atoms in total. The molecule has 0 bridgehead atoms. The van der Waals surface area contributed by atoms with Gasteiger partial charge in [0.25, 0.3) is 0 Å². The first-order valence-electron chi connectivity index (χ1n) is 7.01. The van der Waals surface area contributed by atoms with Crippen molar-refractivity contribution in [1.29, 1.82) is 0 Å². The maximum Gasteiger partial charge on any atom is 0.185 e. The number of nitrogens with zero attached hydrogens (tertiary/aromatic N) is 3. The lowest BCUT2D eigenvalue weighted by atomic mass is 10.2. The minimum Gasteiger partial charge on any atom is -0.346 e. The van der Waals surface area contributed by atoms with Crippen LogP contribution in [0, 0.1) is 0 Å². The number of rotatable bonds is 3. The standard InChI is InChI=1S/C13H22N4S/c1-2-11-10-18-13(15-11)17-7-5-16(6-8-17)12-3-4-14-9-12/h10,12,14H,2-9H2,1H3. The number of aryl methyl sites for hydroxylation is 1. The van der Waals surface area contributed by atoms with Crippen LogP contribution in [0.2, 0.25) is 0 Å². The molecule has 0 spiro atoms. The Labute approximate surface area is 113 Å². The van der Waals surface area contributed by atoms with Gasteiger partial charge >= 0.3 is 0 Å². The molecule has 0 aliphatic carbocycles. The number of nitrogens with one attached hydrogen (secondary N) is 1. The van der Waals surface area contributed by atoms with Crippen LogP contribution in [0.4, 0.5) is 5.13 Å². The van der Waals surface area contributed by atoms with Crippen LogP contribution < -0.4 is 10.2 Å². The summed E-state index contributed by atoms with van der Waals surface area (Å²) in [5, 5.41) is 6.87. The lowest BCUT2D eigenvalue weighted by molar-refractivity contribution is 0.196. The van der Waals surface area contributed by atoms with E-state index in [4.69, 9.17) is 0 Å². The van der Waals surface area contributed by atoms with Crippen molar-refractivity contribution in [2.75, 3.05) is 44.2 Å². The van der Waals surface area contributed by atoms with E-state index in [-0.39, 0.29) is 0 Å². The van der Waals surface area contributed by atoms with Crippen LogP contribution in [0.5, 0.6) is 0 Å². The van der Waals surface area contributed by atoms with Crippen LogP contribution in [-0.2, 0) is 6.42 Å². The largest absolute Gasteiger partial charge is 0.346 e. The average Bonchev–Trinajstić information content (AvgIpc) is 3.10. The second-order valence-corrected chi connectivity index (χ2v) is 5.98. The molecule has 0 saturated carbocycles. The highest BCUT2D eigenvalue weighted by Gasteiger charge is 2.26. The number of aromatic nitrogens is 1. The summed E-state index contributed by atoms with van der Waals surface area (Å²) in [5.74, 6) is 0. The van der Waals surface area contributed by atoms with Crippen molar-refractivity contribution in [2.24, 2.45) is 0 Å². The third-order valence-electron chi connectivity index (χ3n) is 4.04. The van der Waals surface area contributed by atoms with E-state index in [1.165, 1.54) is 43.4 Å². The van der Waals surface area contributed by atoms with Crippen LogP contribution >= 0.6 is 11.3 Å². The second-order valence-electron chi connectivity index (χ2n) is 5.14. The third kappa shape index (κ3) is 2.53. The van der Waals surface area contributed by atoms with Crippen molar-refractivity contribution in [3.63, 3.8) is 0 Å². The van der Waals surface area contributed by atoms with E-state index in [2.05, 4.69) is 32.4 Å². The molecule has 3 rings (SSSR count). The summed E-state index contributed by atoms with van der Waals surface area (Å²) >= 11 is 1.80. The zero-order valence-electron chi connectivity index (χ0n) is 11.1. The summed E-state index contributed by atoms with van der Waals surface area (Å²) in [6.45, 7) is 9.18. The molecule has 100 valence electrons. The summed E-state index contributed by atoms with van der Waals surface area (Å²) in [6.07, 6.45) is 2.36. The first kappa shape index (κ1) is 12.4. The minimum atomic E-state index is 0.773. The van der Waals surface area contributed by atoms with E-state index in [1.54, 1.807) is 11.3 Å². The van der Waals surface area contributed by atoms with Gasteiger partial charge in [0, 0.05) is 44.1 Å². The summed E-state index contributed by atoms with van der Waals surface area (Å²) in [4.78, 5) is 9.78. The fourth-order valence-corrected chi connectivity index (χ4v) is 3.80. The van der Waals surface area contributed by atoms with Crippen LogP contribution in [0.1, 0.15) is 19.0 Å². The van der Waals surface area contributed by atoms with E-state index in [0.717, 1.165) is 25.6 Å². The molecule has 0 aromatic carbocycles. The predicted molar refractivity (Wildman–Crippen MR) is 76.6 cm³/mol. The Morgan fingerprint density at radius 2 is 2.22 bits per heavy atom. The van der Waals surface area contributed by atoms with Crippen molar-refractivity contribution in [3.8, 4) is 0 Å². The molecule has 3 heterocycles. The van der Waals surface area contributed by atoms with E-state index in [0.29, 0.717) is 0 Å². The Bertz CT molecular complexity index is 378. The van der Waals surface area contributed by atoms with Gasteiger partial charge in [-0.3, -0.25) is 4.90 Å². The van der Waals surface area contributed by atoms with Gasteiger partial charge in [-0.1, -0.05) is 6.92 Å². The molecular weight excluding hydrogens is 244 g/mol. The number of anilines is 1. The molecule has 1 N–H and O–H groups in total. The van der Waals surface area contributed by atoms with Crippen LogP contribution in [0.15, 0.2) is 5.38 Å². The van der Waals surface area contributed by atoms with Crippen molar-refractivity contribution >= 4 is 16.5 Å². The summed E-state index contributed by atoms with van der Waals surface area (Å²) in [5.41, 5.74) is 1.23. The summed E-state index contributed by atoms with van der Waals surface area (Å²) in [6, 6.07) is 0.773. The number of piperazine rings is 1. The molecule has 2 fully saturated rings. The van der Waals surface area contributed by atoms with Crippen LogP contribution in [-0.4, -0.2) is 55.2 Å². The van der Waals surface area contributed by atoms with E-state index in [1.807, 2.05) is 0 Å². The van der Waals surface area contributed by atoms with Crippen molar-refractivity contribution in [3.05, 3.63) is 11.1 Å². The SMILES string of the molecule is CCc1csc(N2CCN(C3CCNC3)CC2)n1. The molecule has 0 amide bonds. The van der Waals surface area contributed by atoms with Crippen LogP contribution in [0.3, 0.4) is 0 Å². The zero-order valence-corrected chi connectivity index (χ0v) is 11.9. The van der Waals surface area contributed by atoms with Crippen molar-refractivity contribution in [1.82, 2.24) is 15.2 Å². The Kier molecular flexibility index (Phi) is 3.82. The Morgan fingerprint density at radius 3 is 2.83 bits per heavy atom. The molecule has 0 radical (unpaired) electrons. The van der Waals surface area contributed by atoms with Gasteiger partial charge in [-0.05, 0) is 19.4 Å². The molecule has 2 aliphatic heterocycles. The first-order chi connectivity index (χ1) is 8.86. The lowest BCUT2D eigenvalue weighted by Crippen LogP contribution is -2.51. The highest BCUT2D eigenvalue weighted by Crippen LogP contribution is 2.23. The van der Waals surface area contributed by atoms with Gasteiger partial charge < -0.3 is 10.2 Å². The van der Waals surface area contributed by atoms with Gasteiger partial charge in [0.1, 0.15) is 0 Å². The maximum absolute atomic E-state index is 4.69.